The third-order valence-corrected chi connectivity index (χ3v) is 3.91. The van der Waals surface area contributed by atoms with Gasteiger partial charge in [0, 0.05) is 18.8 Å². The van der Waals surface area contributed by atoms with Crippen molar-refractivity contribution in [2.24, 2.45) is 5.92 Å². The van der Waals surface area contributed by atoms with Crippen molar-refractivity contribution in [3.05, 3.63) is 24.0 Å². The predicted octanol–water partition coefficient (Wildman–Crippen LogP) is 1.80. The maximum atomic E-state index is 12.1. The van der Waals surface area contributed by atoms with E-state index in [2.05, 4.69) is 10.3 Å². The fourth-order valence-electron chi connectivity index (χ4n) is 2.99. The van der Waals surface area contributed by atoms with Gasteiger partial charge in [0.1, 0.15) is 0 Å². The number of fused-ring (bicyclic) bond motifs is 2. The van der Waals surface area contributed by atoms with E-state index in [0.29, 0.717) is 17.6 Å². The molecule has 2 fully saturated rings. The van der Waals surface area contributed by atoms with E-state index < -0.39 is 5.97 Å². The second-order valence-corrected chi connectivity index (χ2v) is 5.18. The molecule has 1 aliphatic heterocycles. The number of nitrogens with zero attached hydrogens (tertiary/aromatic N) is 2. The number of aromatic nitrogens is 1. The van der Waals surface area contributed by atoms with Gasteiger partial charge in [-0.3, -0.25) is 4.98 Å². The molecule has 2 aliphatic rings. The second-order valence-electron chi connectivity index (χ2n) is 5.18. The second kappa shape index (κ2) is 4.53. The molecule has 1 aromatic rings. The van der Waals surface area contributed by atoms with E-state index in [1.54, 1.807) is 0 Å². The standard InChI is InChI=1S/C13H15N3O3/c17-12(18)9-4-10(6-14-5-9)15-13(19)16-7-8-1-2-11(16)3-8/h4-6,8,11H,1-3,7H2,(H,15,19)(H,17,18). The first kappa shape index (κ1) is 12.0. The summed E-state index contributed by atoms with van der Waals surface area (Å²) in [6, 6.07) is 1.61. The van der Waals surface area contributed by atoms with Gasteiger partial charge >= 0.3 is 12.0 Å². The highest BCUT2D eigenvalue weighted by molar-refractivity contribution is 5.92. The molecule has 6 heteroatoms. The van der Waals surface area contributed by atoms with Crippen LogP contribution in [0.25, 0.3) is 0 Å². The molecule has 2 heterocycles. The Balaban J connectivity index is 1.69. The Morgan fingerprint density at radius 2 is 2.21 bits per heavy atom. The number of piperidine rings is 1. The summed E-state index contributed by atoms with van der Waals surface area (Å²) in [5.41, 5.74) is 0.494. The Bertz CT molecular complexity index is 532. The van der Waals surface area contributed by atoms with Crippen LogP contribution in [-0.4, -0.2) is 39.6 Å². The maximum Gasteiger partial charge on any atom is 0.337 e. The van der Waals surface area contributed by atoms with Gasteiger partial charge in [-0.15, -0.1) is 0 Å². The van der Waals surface area contributed by atoms with Crippen molar-refractivity contribution in [3.63, 3.8) is 0 Å². The predicted molar refractivity (Wildman–Crippen MR) is 68.1 cm³/mol. The Kier molecular flexibility index (Phi) is 2.85. The molecule has 2 N–H and O–H groups in total. The molecule has 1 saturated carbocycles. The topological polar surface area (TPSA) is 82.5 Å². The van der Waals surface area contributed by atoms with Gasteiger partial charge < -0.3 is 15.3 Å². The fraction of sp³-hybridized carbons (Fsp3) is 0.462. The monoisotopic (exact) mass is 261 g/mol. The smallest absolute Gasteiger partial charge is 0.337 e. The SMILES string of the molecule is O=C(O)c1cncc(NC(=O)N2CC3CCC2C3)c1. The number of amides is 2. The van der Waals surface area contributed by atoms with Gasteiger partial charge in [-0.25, -0.2) is 9.59 Å². The van der Waals surface area contributed by atoms with Crippen molar-refractivity contribution in [2.45, 2.75) is 25.3 Å². The first-order valence-corrected chi connectivity index (χ1v) is 6.39. The molecule has 1 saturated heterocycles. The Hall–Kier alpha value is -2.11. The minimum Gasteiger partial charge on any atom is -0.478 e. The van der Waals surface area contributed by atoms with Crippen LogP contribution in [0.3, 0.4) is 0 Å². The van der Waals surface area contributed by atoms with Gasteiger partial charge in [-0.05, 0) is 31.2 Å². The van der Waals surface area contributed by atoms with Gasteiger partial charge in [-0.2, -0.15) is 0 Å². The zero-order chi connectivity index (χ0) is 13.4. The van der Waals surface area contributed by atoms with Crippen LogP contribution in [0, 0.1) is 5.92 Å². The molecule has 0 radical (unpaired) electrons. The minimum atomic E-state index is -1.05. The van der Waals surface area contributed by atoms with Crippen LogP contribution < -0.4 is 5.32 Å². The lowest BCUT2D eigenvalue weighted by Gasteiger charge is -2.27. The van der Waals surface area contributed by atoms with Crippen LogP contribution in [-0.2, 0) is 0 Å². The zero-order valence-electron chi connectivity index (χ0n) is 10.4. The Morgan fingerprint density at radius 3 is 2.84 bits per heavy atom. The third kappa shape index (κ3) is 2.25. The summed E-state index contributed by atoms with van der Waals surface area (Å²) in [6.45, 7) is 0.808. The highest BCUT2D eigenvalue weighted by Crippen LogP contribution is 2.37. The number of hydrogen-bond acceptors (Lipinski definition) is 3. The first-order valence-electron chi connectivity index (χ1n) is 6.39. The number of carbonyl (C=O) groups excluding carboxylic acids is 1. The largest absolute Gasteiger partial charge is 0.478 e. The van der Waals surface area contributed by atoms with Crippen LogP contribution in [0.1, 0.15) is 29.6 Å². The number of carboxylic acid groups (broad SMARTS) is 1. The molecule has 2 unspecified atom stereocenters. The van der Waals surface area contributed by atoms with Crippen molar-refractivity contribution >= 4 is 17.7 Å². The first-order chi connectivity index (χ1) is 9.13. The lowest BCUT2D eigenvalue weighted by molar-refractivity contribution is 0.0696. The van der Waals surface area contributed by atoms with Crippen molar-refractivity contribution in [2.75, 3.05) is 11.9 Å². The summed E-state index contributed by atoms with van der Waals surface area (Å²) in [6.07, 6.45) is 6.10. The molecule has 1 aromatic heterocycles. The van der Waals surface area contributed by atoms with Crippen molar-refractivity contribution in [1.82, 2.24) is 9.88 Å². The molecule has 100 valence electrons. The molecule has 1 aliphatic carbocycles. The lowest BCUT2D eigenvalue weighted by atomic mass is 10.1. The summed E-state index contributed by atoms with van der Waals surface area (Å²) in [7, 11) is 0. The molecule has 6 nitrogen and oxygen atoms in total. The van der Waals surface area contributed by atoms with E-state index in [-0.39, 0.29) is 11.6 Å². The normalized spacial score (nSPS) is 24.5. The highest BCUT2D eigenvalue weighted by atomic mass is 16.4. The maximum absolute atomic E-state index is 12.1. The highest BCUT2D eigenvalue weighted by Gasteiger charge is 2.40. The third-order valence-electron chi connectivity index (χ3n) is 3.91. The molecular formula is C13H15N3O3. The number of urea groups is 1. The number of rotatable bonds is 2. The summed E-state index contributed by atoms with van der Waals surface area (Å²) in [5.74, 6) is -0.414. The molecule has 0 aromatic carbocycles. The van der Waals surface area contributed by atoms with Gasteiger partial charge in [0.05, 0.1) is 17.4 Å². The van der Waals surface area contributed by atoms with Crippen molar-refractivity contribution in [3.8, 4) is 0 Å². The van der Waals surface area contributed by atoms with Gasteiger partial charge in [0.2, 0.25) is 0 Å². The number of carboxylic acids is 1. The van der Waals surface area contributed by atoms with Crippen molar-refractivity contribution < 1.29 is 14.7 Å². The molecule has 0 spiro atoms. The van der Waals surface area contributed by atoms with Crippen LogP contribution in [0.15, 0.2) is 18.5 Å². The number of carbonyl (C=O) groups is 2. The average molecular weight is 261 g/mol. The van der Waals surface area contributed by atoms with E-state index in [0.717, 1.165) is 19.4 Å². The van der Waals surface area contributed by atoms with Gasteiger partial charge in [-0.1, -0.05) is 0 Å². The van der Waals surface area contributed by atoms with E-state index in [9.17, 15) is 9.59 Å². The van der Waals surface area contributed by atoms with Crippen LogP contribution in [0.5, 0.6) is 0 Å². The zero-order valence-corrected chi connectivity index (χ0v) is 10.4. The van der Waals surface area contributed by atoms with Gasteiger partial charge in [0.15, 0.2) is 0 Å². The Morgan fingerprint density at radius 1 is 1.37 bits per heavy atom. The minimum absolute atomic E-state index is 0.0701. The fourth-order valence-corrected chi connectivity index (χ4v) is 2.99. The molecule has 3 rings (SSSR count). The summed E-state index contributed by atoms with van der Waals surface area (Å²) >= 11 is 0. The van der Waals surface area contributed by atoms with E-state index in [1.165, 1.54) is 24.9 Å². The summed E-state index contributed by atoms with van der Waals surface area (Å²) < 4.78 is 0. The van der Waals surface area contributed by atoms with E-state index >= 15 is 0 Å². The van der Waals surface area contributed by atoms with E-state index in [4.69, 9.17) is 5.11 Å². The number of anilines is 1. The summed E-state index contributed by atoms with van der Waals surface area (Å²) in [4.78, 5) is 28.6. The van der Waals surface area contributed by atoms with Crippen LogP contribution in [0.2, 0.25) is 0 Å². The van der Waals surface area contributed by atoms with Crippen molar-refractivity contribution in [1.29, 1.82) is 0 Å². The number of aromatic carboxylic acids is 1. The van der Waals surface area contributed by atoms with Crippen LogP contribution in [0.4, 0.5) is 10.5 Å². The Labute approximate surface area is 110 Å². The quantitative estimate of drug-likeness (QED) is 0.850. The lowest BCUT2D eigenvalue weighted by Crippen LogP contribution is -2.40. The average Bonchev–Trinajstić information content (AvgIpc) is 3.01. The molecule has 2 bridgehead atoms. The van der Waals surface area contributed by atoms with Crippen LogP contribution >= 0.6 is 0 Å². The molecular weight excluding hydrogens is 246 g/mol. The number of pyridine rings is 1. The number of hydrogen-bond donors (Lipinski definition) is 2. The molecule has 2 atom stereocenters. The molecule has 19 heavy (non-hydrogen) atoms. The van der Waals surface area contributed by atoms with E-state index in [1.807, 2.05) is 4.90 Å². The molecule has 2 amide bonds. The number of likely N-dealkylation sites (tertiary alicyclic amines) is 1. The van der Waals surface area contributed by atoms with Gasteiger partial charge in [0.25, 0.3) is 0 Å². The summed E-state index contributed by atoms with van der Waals surface area (Å²) in [5, 5.41) is 11.6. The number of nitrogens with one attached hydrogen (secondary N) is 1.